The van der Waals surface area contributed by atoms with Crippen LogP contribution in [0.5, 0.6) is 23.0 Å². The zero-order chi connectivity index (χ0) is 38.1. The molecule has 0 unspecified atom stereocenters. The molecule has 6 nitrogen and oxygen atoms in total. The normalized spacial score (nSPS) is 11.5. The van der Waals surface area contributed by atoms with Gasteiger partial charge >= 0.3 is 41.5 Å². The van der Waals surface area contributed by atoms with Gasteiger partial charge in [0.25, 0.3) is 0 Å². The van der Waals surface area contributed by atoms with Gasteiger partial charge in [0.05, 0.1) is 5.72 Å². The fraction of sp³-hybridized carbons (Fsp3) is 0.208. The van der Waals surface area contributed by atoms with Crippen molar-refractivity contribution in [2.75, 3.05) is 0 Å². The Balaban J connectivity index is 0.00000275. The quantitative estimate of drug-likeness (QED) is 0.0954. The van der Waals surface area contributed by atoms with E-state index in [0.717, 1.165) is 68.5 Å². The van der Waals surface area contributed by atoms with Crippen molar-refractivity contribution in [3.8, 4) is 56.6 Å². The molecule has 288 valence electrons. The van der Waals surface area contributed by atoms with Gasteiger partial charge in [-0.1, -0.05) is 75.2 Å². The Morgan fingerprint density at radius 3 is 1.42 bits per heavy atom. The van der Waals surface area contributed by atoms with Crippen LogP contribution in [0.1, 0.15) is 49.9 Å². The van der Waals surface area contributed by atoms with Crippen molar-refractivity contribution in [2.24, 2.45) is 11.8 Å². The Morgan fingerprint density at radius 2 is 1.00 bits per heavy atom. The molecule has 0 spiro atoms. The van der Waals surface area contributed by atoms with Crippen molar-refractivity contribution in [3.05, 3.63) is 150 Å². The molecular formula is C48H41BN4O2PdPt. The first kappa shape index (κ1) is 41.9. The first-order valence-electron chi connectivity index (χ1n) is 18.9. The maximum absolute atomic E-state index is 6.57. The number of hydrogen-bond acceptors (Lipinski definition) is 6. The van der Waals surface area contributed by atoms with Gasteiger partial charge in [-0.15, -0.1) is 58.7 Å². The molecular weight excluding hydrogens is 977 g/mol. The average molecular weight is 1020 g/mol. The fourth-order valence-corrected chi connectivity index (χ4v) is 7.26. The van der Waals surface area contributed by atoms with Crippen molar-refractivity contribution < 1.29 is 51.0 Å². The van der Waals surface area contributed by atoms with Crippen molar-refractivity contribution >= 4 is 23.4 Å². The minimum Gasteiger partial charge on any atom is -0.503 e. The van der Waals surface area contributed by atoms with Gasteiger partial charge in [-0.3, -0.25) is 9.97 Å². The first-order valence-corrected chi connectivity index (χ1v) is 18.9. The second kappa shape index (κ2) is 18.2. The SMILES string of the molecule is Cc1ccnc(-c2[c-]c(Oc3[c-]c4c(cc3)-c3ccc(Oc5[c-]c(-c6cc(C)ccn6)cc(CC(C)C)c5)[c-]c3B4c3ncccn3)cc(CC(C)C)c2)c1.[Pd+2].[Pt+2]. The van der Waals surface area contributed by atoms with Gasteiger partial charge in [0.15, 0.2) is 0 Å². The summed E-state index contributed by atoms with van der Waals surface area (Å²) in [5.41, 5.74) is 12.7. The fourth-order valence-electron chi connectivity index (χ4n) is 7.26. The van der Waals surface area contributed by atoms with E-state index in [2.05, 4.69) is 124 Å². The number of benzene rings is 4. The number of aromatic nitrogens is 4. The van der Waals surface area contributed by atoms with Crippen LogP contribution in [0.3, 0.4) is 0 Å². The number of nitrogens with zero attached hydrogens (tertiary/aromatic N) is 4. The summed E-state index contributed by atoms with van der Waals surface area (Å²) >= 11 is 0. The zero-order valence-electron chi connectivity index (χ0n) is 32.7. The van der Waals surface area contributed by atoms with Crippen LogP contribution in [0.4, 0.5) is 0 Å². The van der Waals surface area contributed by atoms with Crippen molar-refractivity contribution in [3.63, 3.8) is 0 Å². The number of ether oxygens (including phenoxy) is 2. The van der Waals surface area contributed by atoms with E-state index in [1.807, 2.05) is 42.7 Å². The molecule has 3 aromatic heterocycles. The first-order chi connectivity index (χ1) is 26.6. The molecule has 4 aromatic carbocycles. The molecule has 0 fully saturated rings. The van der Waals surface area contributed by atoms with Crippen LogP contribution in [0, 0.1) is 49.9 Å². The van der Waals surface area contributed by atoms with Gasteiger partial charge in [-0.2, -0.15) is 34.2 Å². The van der Waals surface area contributed by atoms with Crippen LogP contribution in [0.25, 0.3) is 33.6 Å². The Hall–Kier alpha value is -4.72. The molecule has 57 heavy (non-hydrogen) atoms. The molecule has 0 amide bonds. The Kier molecular flexibility index (Phi) is 13.4. The van der Waals surface area contributed by atoms with E-state index in [1.165, 1.54) is 11.1 Å². The molecule has 8 rings (SSSR count). The molecule has 0 saturated heterocycles. The molecule has 0 atom stereocenters. The number of fused-ring (bicyclic) bond motifs is 3. The predicted octanol–water partition coefficient (Wildman–Crippen LogP) is 8.89. The standard InChI is InChI=1S/C48H41BN4O2.Pd.Pt/c1-30(2)18-34-22-36(46-20-32(5)12-16-50-46)26-40(24-34)54-38-8-10-42-43-11-9-39(29-45(43)49(44(42)28-38)48-52-14-7-15-53-48)55-41-25-35(19-31(3)4)23-37(27-41)47-21-33(6)13-17-51-47;;/h7-17,20-25,30-31H,18-19H2,1-6H3;;/q-4;2*+2. The van der Waals surface area contributed by atoms with Crippen LogP contribution < -0.4 is 26.1 Å². The summed E-state index contributed by atoms with van der Waals surface area (Å²) in [5, 5.41) is 0. The molecule has 7 aromatic rings. The minimum atomic E-state index is -0.329. The predicted molar refractivity (Wildman–Crippen MR) is 220 cm³/mol. The minimum absolute atomic E-state index is 0. The molecule has 0 bridgehead atoms. The molecule has 1 aliphatic heterocycles. The summed E-state index contributed by atoms with van der Waals surface area (Å²) < 4.78 is 13.1. The van der Waals surface area contributed by atoms with E-state index in [1.54, 1.807) is 12.4 Å². The summed E-state index contributed by atoms with van der Waals surface area (Å²) in [6.45, 7) is 12.7. The largest absolute Gasteiger partial charge is 2.00 e. The summed E-state index contributed by atoms with van der Waals surface area (Å²) in [7, 11) is 0. The summed E-state index contributed by atoms with van der Waals surface area (Å²) in [6.07, 6.45) is 9.03. The van der Waals surface area contributed by atoms with Gasteiger partial charge < -0.3 is 19.4 Å². The number of hydrogen-bond donors (Lipinski definition) is 0. The van der Waals surface area contributed by atoms with E-state index in [0.29, 0.717) is 40.6 Å². The third kappa shape index (κ3) is 9.70. The Morgan fingerprint density at radius 1 is 0.544 bits per heavy atom. The Bertz CT molecular complexity index is 2360. The van der Waals surface area contributed by atoms with E-state index in [4.69, 9.17) is 19.4 Å². The Labute approximate surface area is 365 Å². The van der Waals surface area contributed by atoms with E-state index >= 15 is 0 Å². The molecule has 0 N–H and O–H groups in total. The van der Waals surface area contributed by atoms with Crippen LogP contribution >= 0.6 is 0 Å². The molecule has 9 heteroatoms. The van der Waals surface area contributed by atoms with Gasteiger partial charge in [0.2, 0.25) is 6.71 Å². The zero-order valence-corrected chi connectivity index (χ0v) is 36.5. The molecule has 0 aliphatic carbocycles. The number of pyridine rings is 2. The maximum atomic E-state index is 6.57. The van der Waals surface area contributed by atoms with Gasteiger partial charge in [-0.25, -0.2) is 0 Å². The molecule has 1 aliphatic rings. The summed E-state index contributed by atoms with van der Waals surface area (Å²) in [4.78, 5) is 18.7. The van der Waals surface area contributed by atoms with Crippen molar-refractivity contribution in [1.29, 1.82) is 0 Å². The van der Waals surface area contributed by atoms with Crippen LogP contribution in [-0.4, -0.2) is 26.6 Å². The maximum Gasteiger partial charge on any atom is 2.00 e. The van der Waals surface area contributed by atoms with E-state index in [9.17, 15) is 0 Å². The topological polar surface area (TPSA) is 70.0 Å². The van der Waals surface area contributed by atoms with E-state index in [-0.39, 0.29) is 48.2 Å². The second-order valence-electron chi connectivity index (χ2n) is 15.2. The molecule has 4 heterocycles. The van der Waals surface area contributed by atoms with Crippen LogP contribution in [-0.2, 0) is 54.3 Å². The third-order valence-electron chi connectivity index (χ3n) is 9.53. The smallest absolute Gasteiger partial charge is 0.503 e. The monoisotopic (exact) mass is 1020 g/mol. The molecule has 0 saturated carbocycles. The van der Waals surface area contributed by atoms with Crippen LogP contribution in [0.15, 0.2) is 104 Å². The van der Waals surface area contributed by atoms with Gasteiger partial charge in [0, 0.05) is 47.8 Å². The van der Waals surface area contributed by atoms with Crippen LogP contribution in [0.2, 0.25) is 0 Å². The van der Waals surface area contributed by atoms with Crippen molar-refractivity contribution in [2.45, 2.75) is 54.4 Å². The summed E-state index contributed by atoms with van der Waals surface area (Å²) in [5.74, 6) is 3.36. The van der Waals surface area contributed by atoms with Crippen molar-refractivity contribution in [1.82, 2.24) is 19.9 Å². The van der Waals surface area contributed by atoms with Gasteiger partial charge in [-0.05, 0) is 68.1 Å². The van der Waals surface area contributed by atoms with Gasteiger partial charge in [0.1, 0.15) is 0 Å². The number of aryl methyl sites for hydroxylation is 2. The van der Waals surface area contributed by atoms with E-state index < -0.39 is 0 Å². The second-order valence-corrected chi connectivity index (χ2v) is 15.2. The molecule has 0 radical (unpaired) electrons. The number of rotatable bonds is 11. The summed E-state index contributed by atoms with van der Waals surface area (Å²) in [6, 6.07) is 40.7. The average Bonchev–Trinajstić information content (AvgIpc) is 3.47. The third-order valence-corrected chi connectivity index (χ3v) is 9.53.